The molecule has 7 heteroatoms. The Morgan fingerprint density at radius 1 is 1.21 bits per heavy atom. The van der Waals surface area contributed by atoms with E-state index < -0.39 is 30.7 Å². The summed E-state index contributed by atoms with van der Waals surface area (Å²) in [7, 11) is -4.31. The number of aliphatic hydroxyl groups excluding tert-OH is 2. The van der Waals surface area contributed by atoms with Crippen molar-refractivity contribution in [3.63, 3.8) is 0 Å². The minimum atomic E-state index is -4.31. The van der Waals surface area contributed by atoms with Crippen LogP contribution in [0.1, 0.15) is 91.4 Å². The second-order valence-electron chi connectivity index (χ2n) is 13.0. The van der Waals surface area contributed by atoms with Crippen LogP contribution >= 0.6 is 7.60 Å². The van der Waals surface area contributed by atoms with Crippen LogP contribution in [0.5, 0.6) is 0 Å². The molecule has 7 atom stereocenters. The average molecular weight is 601 g/mol. The number of allylic oxidation sites excluding steroid dienone is 7. The lowest BCUT2D eigenvalue weighted by atomic mass is 9.61. The molecule has 0 aromatic heterocycles. The van der Waals surface area contributed by atoms with Gasteiger partial charge in [0.1, 0.15) is 5.16 Å². The third-order valence-electron chi connectivity index (χ3n) is 10.2. The normalized spacial score (nSPS) is 32.6. The zero-order valence-corrected chi connectivity index (χ0v) is 26.9. The number of carbonyl (C=O) groups excluding carboxylic acids is 1. The lowest BCUT2D eigenvalue weighted by Crippen LogP contribution is -2.38. The molecule has 3 N–H and O–H groups in total. The van der Waals surface area contributed by atoms with Crippen LogP contribution in [-0.2, 0) is 13.9 Å². The molecule has 0 heterocycles. The fourth-order valence-electron chi connectivity index (χ4n) is 7.72. The first-order valence-electron chi connectivity index (χ1n) is 15.7. The van der Waals surface area contributed by atoms with E-state index in [2.05, 4.69) is 45.7 Å². The first-order chi connectivity index (χ1) is 19.9. The third kappa shape index (κ3) is 7.27. The molecule has 3 saturated carbocycles. The molecule has 3 aliphatic carbocycles. The van der Waals surface area contributed by atoms with Gasteiger partial charge in [-0.15, -0.1) is 13.2 Å². The molecule has 3 fully saturated rings. The van der Waals surface area contributed by atoms with Crippen molar-refractivity contribution in [2.24, 2.45) is 23.2 Å². The summed E-state index contributed by atoms with van der Waals surface area (Å²) in [6.45, 7) is 18.2. The Morgan fingerprint density at radius 2 is 1.90 bits per heavy atom. The predicted octanol–water partition coefficient (Wildman–Crippen LogP) is 7.78. The molecule has 3 aliphatic rings. The smallest absolute Gasteiger partial charge is 0.342 e. The van der Waals surface area contributed by atoms with Crippen molar-refractivity contribution in [1.29, 1.82) is 0 Å². The van der Waals surface area contributed by atoms with Crippen LogP contribution in [0.3, 0.4) is 0 Å². The quantitative estimate of drug-likeness (QED) is 0.0814. The monoisotopic (exact) mass is 600 g/mol. The number of carbonyl (C=O) groups is 1. The minimum absolute atomic E-state index is 0.0316. The summed E-state index contributed by atoms with van der Waals surface area (Å²) in [6.07, 6.45) is 17.2. The first-order valence-corrected chi connectivity index (χ1v) is 17.3. The molecular formula is C35H53O6P. The molecule has 0 bridgehead atoms. The summed E-state index contributed by atoms with van der Waals surface area (Å²) < 4.78 is 18.9. The van der Waals surface area contributed by atoms with Crippen molar-refractivity contribution in [2.75, 3.05) is 6.61 Å². The molecule has 0 aliphatic heterocycles. The first kappa shape index (κ1) is 34.7. The molecular weight excluding hydrogens is 547 g/mol. The molecule has 0 aromatic carbocycles. The fourth-order valence-corrected chi connectivity index (χ4v) is 9.42. The standard InChI is InChI=1S/C35H53O6P/c1-7-10-22-41-42(39,40)35(19-8-2,20-9-3)33(38)18-13-25(4)30-16-17-31-27(12-11-21-34(30,31)6)14-15-28-23-29(36)24-32(37)26(28)5/h8-9,13-15,18,25,29-32,36-37H,2-3,5,7,10-12,16-17,19-24H2,1,4,6H3,(H,39,40)/b18-13+,27-14+,28-15-/t25-,29-,30-,31?,32+,34-/m1/s1. The number of aliphatic hydroxyl groups is 2. The minimum Gasteiger partial charge on any atom is -0.393 e. The molecule has 6 nitrogen and oxygen atoms in total. The van der Waals surface area contributed by atoms with Crippen molar-refractivity contribution in [2.45, 2.75) is 109 Å². The Morgan fingerprint density at radius 3 is 2.55 bits per heavy atom. The Bertz CT molecular complexity index is 1140. The lowest BCUT2D eigenvalue weighted by Gasteiger charge is -2.44. The predicted molar refractivity (Wildman–Crippen MR) is 171 cm³/mol. The van der Waals surface area contributed by atoms with E-state index in [0.717, 1.165) is 44.1 Å². The number of rotatable bonds is 14. The summed E-state index contributed by atoms with van der Waals surface area (Å²) in [4.78, 5) is 24.7. The van der Waals surface area contributed by atoms with Crippen molar-refractivity contribution in [3.05, 3.63) is 72.9 Å². The van der Waals surface area contributed by atoms with E-state index in [4.69, 9.17) is 4.52 Å². The highest BCUT2D eigenvalue weighted by Crippen LogP contribution is 2.61. The average Bonchev–Trinajstić information content (AvgIpc) is 3.30. The molecule has 0 saturated heterocycles. The molecule has 0 spiro atoms. The van der Waals surface area contributed by atoms with Gasteiger partial charge in [-0.1, -0.05) is 69.7 Å². The number of ketones is 1. The van der Waals surface area contributed by atoms with Gasteiger partial charge in [0.2, 0.25) is 0 Å². The Kier molecular flexibility index (Phi) is 12.2. The highest BCUT2D eigenvalue weighted by Gasteiger charge is 2.53. The van der Waals surface area contributed by atoms with Gasteiger partial charge in [0, 0.05) is 6.42 Å². The zero-order valence-electron chi connectivity index (χ0n) is 26.0. The van der Waals surface area contributed by atoms with E-state index in [-0.39, 0.29) is 30.8 Å². The lowest BCUT2D eigenvalue weighted by molar-refractivity contribution is -0.117. The highest BCUT2D eigenvalue weighted by molar-refractivity contribution is 7.56. The molecule has 0 aromatic rings. The van der Waals surface area contributed by atoms with Crippen LogP contribution < -0.4 is 0 Å². The van der Waals surface area contributed by atoms with E-state index in [1.807, 2.05) is 13.0 Å². The van der Waals surface area contributed by atoms with Gasteiger partial charge in [-0.25, -0.2) is 0 Å². The topological polar surface area (TPSA) is 104 Å². The van der Waals surface area contributed by atoms with Gasteiger partial charge in [0.05, 0.1) is 18.8 Å². The van der Waals surface area contributed by atoms with Crippen molar-refractivity contribution >= 4 is 13.4 Å². The second kappa shape index (κ2) is 14.8. The Labute approximate surface area is 253 Å². The van der Waals surface area contributed by atoms with Gasteiger partial charge < -0.3 is 19.6 Å². The fraction of sp³-hybridized carbons (Fsp3) is 0.629. The van der Waals surface area contributed by atoms with Crippen LogP contribution in [0.2, 0.25) is 0 Å². The van der Waals surface area contributed by atoms with Crippen molar-refractivity contribution < 1.29 is 29.0 Å². The Hall–Kier alpha value is -1.82. The zero-order chi connectivity index (χ0) is 31.1. The maximum Gasteiger partial charge on any atom is 0.342 e. The number of fused-ring (bicyclic) bond motifs is 1. The largest absolute Gasteiger partial charge is 0.393 e. The van der Waals surface area contributed by atoms with Gasteiger partial charge in [-0.2, -0.15) is 0 Å². The van der Waals surface area contributed by atoms with E-state index >= 15 is 0 Å². The molecule has 2 unspecified atom stereocenters. The van der Waals surface area contributed by atoms with Crippen LogP contribution in [-0.4, -0.2) is 44.9 Å². The summed E-state index contributed by atoms with van der Waals surface area (Å²) in [5.74, 6) is 0.487. The van der Waals surface area contributed by atoms with Gasteiger partial charge >= 0.3 is 7.60 Å². The van der Waals surface area contributed by atoms with E-state index in [1.165, 1.54) is 23.8 Å². The SMILES string of the molecule is C=CCC(CC=C)(C(=O)/C=C/[C@@H](C)[C@H]1CCC2/C(=C/C=C3/C[C@@H](O)C[C@H](O)C3=C)CCC[C@@]21C)P(=O)(O)OCCCC. The summed E-state index contributed by atoms with van der Waals surface area (Å²) >= 11 is 0. The Balaban J connectivity index is 1.81. The third-order valence-corrected chi connectivity index (χ3v) is 12.4. The van der Waals surface area contributed by atoms with Crippen LogP contribution in [0.15, 0.2) is 72.9 Å². The van der Waals surface area contributed by atoms with Crippen LogP contribution in [0, 0.1) is 23.2 Å². The van der Waals surface area contributed by atoms with Gasteiger partial charge in [-0.3, -0.25) is 9.36 Å². The molecule has 3 rings (SSSR count). The van der Waals surface area contributed by atoms with Crippen molar-refractivity contribution in [1.82, 2.24) is 0 Å². The van der Waals surface area contributed by atoms with E-state index in [0.29, 0.717) is 36.7 Å². The number of hydrogen-bond donors (Lipinski definition) is 3. The summed E-state index contributed by atoms with van der Waals surface area (Å²) in [6, 6.07) is 0. The second-order valence-corrected chi connectivity index (χ2v) is 15.1. The maximum atomic E-state index is 13.7. The number of hydrogen-bond acceptors (Lipinski definition) is 5. The number of unbranched alkanes of at least 4 members (excludes halogenated alkanes) is 1. The van der Waals surface area contributed by atoms with Crippen LogP contribution in [0.25, 0.3) is 0 Å². The van der Waals surface area contributed by atoms with Gasteiger partial charge in [-0.05, 0) is 98.2 Å². The van der Waals surface area contributed by atoms with E-state index in [1.54, 1.807) is 0 Å². The maximum absolute atomic E-state index is 13.7. The highest BCUT2D eigenvalue weighted by atomic mass is 31.2. The molecule has 0 radical (unpaired) electrons. The van der Waals surface area contributed by atoms with Crippen LogP contribution in [0.4, 0.5) is 0 Å². The summed E-state index contributed by atoms with van der Waals surface area (Å²) in [5, 5.41) is 18.8. The molecule has 0 amide bonds. The van der Waals surface area contributed by atoms with Crippen molar-refractivity contribution in [3.8, 4) is 0 Å². The molecule has 234 valence electrons. The van der Waals surface area contributed by atoms with E-state index in [9.17, 15) is 24.5 Å². The van der Waals surface area contributed by atoms with Gasteiger partial charge in [0.15, 0.2) is 5.78 Å². The van der Waals surface area contributed by atoms with Gasteiger partial charge in [0.25, 0.3) is 0 Å². The summed E-state index contributed by atoms with van der Waals surface area (Å²) in [5.41, 5.74) is 3.12. The molecule has 42 heavy (non-hydrogen) atoms.